The van der Waals surface area contributed by atoms with Crippen molar-refractivity contribution in [2.75, 3.05) is 13.2 Å². The molecule has 6 heteroatoms. The van der Waals surface area contributed by atoms with Crippen LogP contribution in [0.3, 0.4) is 0 Å². The number of amides is 1. The van der Waals surface area contributed by atoms with Crippen molar-refractivity contribution in [3.8, 4) is 0 Å². The number of nitrogens with one attached hydrogen (secondary N) is 1. The predicted molar refractivity (Wildman–Crippen MR) is 292 cm³/mol. The third kappa shape index (κ3) is 53.8. The summed E-state index contributed by atoms with van der Waals surface area (Å²) in [4.78, 5) is 24.6. The highest BCUT2D eigenvalue weighted by atomic mass is 16.5. The first kappa shape index (κ1) is 65.6. The van der Waals surface area contributed by atoms with E-state index in [4.69, 9.17) is 4.74 Å². The van der Waals surface area contributed by atoms with Gasteiger partial charge in [-0.1, -0.05) is 289 Å². The van der Waals surface area contributed by atoms with Gasteiger partial charge < -0.3 is 20.3 Å². The molecule has 0 heterocycles. The van der Waals surface area contributed by atoms with Crippen molar-refractivity contribution < 1.29 is 24.5 Å². The van der Waals surface area contributed by atoms with Crippen LogP contribution in [0.4, 0.5) is 0 Å². The molecule has 1 amide bonds. The first-order valence-electron chi connectivity index (χ1n) is 30.4. The topological polar surface area (TPSA) is 95.9 Å². The maximum Gasteiger partial charge on any atom is 0.305 e. The number of aliphatic hydroxyl groups is 2. The van der Waals surface area contributed by atoms with Gasteiger partial charge in [-0.05, 0) is 51.4 Å². The second-order valence-corrected chi connectivity index (χ2v) is 21.0. The molecule has 0 bridgehead atoms. The molecular weight excluding hydrogens is 827 g/mol. The summed E-state index contributed by atoms with van der Waals surface area (Å²) >= 11 is 0. The average Bonchev–Trinajstić information content (AvgIpc) is 3.33. The highest BCUT2D eigenvalue weighted by Gasteiger charge is 2.20. The van der Waals surface area contributed by atoms with E-state index in [-0.39, 0.29) is 18.5 Å². The normalized spacial score (nSPS) is 12.6. The minimum absolute atomic E-state index is 0.0164. The van der Waals surface area contributed by atoms with Gasteiger partial charge >= 0.3 is 5.97 Å². The Balaban J connectivity index is 3.44. The van der Waals surface area contributed by atoms with Crippen molar-refractivity contribution in [3.63, 3.8) is 0 Å². The highest BCUT2D eigenvalue weighted by molar-refractivity contribution is 5.76. The Hall–Kier alpha value is -1.40. The van der Waals surface area contributed by atoms with Crippen molar-refractivity contribution in [3.05, 3.63) is 12.2 Å². The van der Waals surface area contributed by atoms with Gasteiger partial charge in [-0.25, -0.2) is 0 Å². The molecule has 2 atom stereocenters. The zero-order valence-electron chi connectivity index (χ0n) is 45.4. The molecule has 0 radical (unpaired) electrons. The van der Waals surface area contributed by atoms with Crippen LogP contribution in [0.1, 0.15) is 341 Å². The Bertz CT molecular complexity index is 1000. The second-order valence-electron chi connectivity index (χ2n) is 21.0. The van der Waals surface area contributed by atoms with Gasteiger partial charge in [0.25, 0.3) is 0 Å². The number of allylic oxidation sites excluding steroid dienone is 2. The van der Waals surface area contributed by atoms with E-state index < -0.39 is 12.1 Å². The van der Waals surface area contributed by atoms with Crippen molar-refractivity contribution in [1.29, 1.82) is 0 Å². The summed E-state index contributed by atoms with van der Waals surface area (Å²) in [5, 5.41) is 23.4. The molecule has 3 N–H and O–H groups in total. The Morgan fingerprint density at radius 3 is 1.06 bits per heavy atom. The lowest BCUT2D eigenvalue weighted by Crippen LogP contribution is -2.45. The van der Waals surface area contributed by atoms with Gasteiger partial charge in [0.2, 0.25) is 5.91 Å². The van der Waals surface area contributed by atoms with Gasteiger partial charge in [0, 0.05) is 12.8 Å². The van der Waals surface area contributed by atoms with Gasteiger partial charge in [0.1, 0.15) is 0 Å². The first-order chi connectivity index (χ1) is 33.0. The summed E-state index contributed by atoms with van der Waals surface area (Å²) in [5.74, 6) is -0.0633. The molecule has 0 aromatic heterocycles. The largest absolute Gasteiger partial charge is 0.466 e. The minimum atomic E-state index is -0.676. The van der Waals surface area contributed by atoms with E-state index in [9.17, 15) is 19.8 Å². The fourth-order valence-corrected chi connectivity index (χ4v) is 9.64. The van der Waals surface area contributed by atoms with Gasteiger partial charge in [-0.3, -0.25) is 9.59 Å². The zero-order chi connectivity index (χ0) is 48.6. The summed E-state index contributed by atoms with van der Waals surface area (Å²) in [7, 11) is 0. The third-order valence-electron chi connectivity index (χ3n) is 14.3. The lowest BCUT2D eigenvalue weighted by atomic mass is 10.0. The molecule has 0 saturated heterocycles. The molecule has 67 heavy (non-hydrogen) atoms. The molecule has 0 aromatic carbocycles. The van der Waals surface area contributed by atoms with Gasteiger partial charge in [0.05, 0.1) is 25.4 Å². The van der Waals surface area contributed by atoms with E-state index in [1.54, 1.807) is 0 Å². The monoisotopic (exact) mass is 946 g/mol. The number of carbonyl (C=O) groups excluding carboxylic acids is 2. The fourth-order valence-electron chi connectivity index (χ4n) is 9.64. The van der Waals surface area contributed by atoms with E-state index in [1.165, 1.54) is 250 Å². The number of unbranched alkanes of at least 4 members (excludes halogenated alkanes) is 44. The molecule has 0 aliphatic heterocycles. The van der Waals surface area contributed by atoms with Crippen LogP contribution in [0.25, 0.3) is 0 Å². The molecular formula is C61H119NO5. The molecule has 0 aliphatic rings. The summed E-state index contributed by atoms with van der Waals surface area (Å²) in [6.45, 7) is 4.93. The second kappa shape index (κ2) is 57.2. The van der Waals surface area contributed by atoms with E-state index in [0.29, 0.717) is 25.9 Å². The maximum atomic E-state index is 12.5. The molecule has 0 saturated carbocycles. The number of hydrogen-bond donors (Lipinski definition) is 3. The summed E-state index contributed by atoms with van der Waals surface area (Å²) in [6.07, 6.45) is 67.8. The van der Waals surface area contributed by atoms with E-state index in [0.717, 1.165) is 57.8 Å². The third-order valence-corrected chi connectivity index (χ3v) is 14.3. The van der Waals surface area contributed by atoms with Crippen molar-refractivity contribution in [2.24, 2.45) is 0 Å². The Kier molecular flexibility index (Phi) is 56.0. The van der Waals surface area contributed by atoms with Crippen LogP contribution in [-0.2, 0) is 14.3 Å². The van der Waals surface area contributed by atoms with E-state index in [2.05, 4.69) is 31.3 Å². The van der Waals surface area contributed by atoms with E-state index in [1.807, 2.05) is 0 Å². The van der Waals surface area contributed by atoms with Crippen LogP contribution < -0.4 is 5.32 Å². The molecule has 6 nitrogen and oxygen atoms in total. The predicted octanol–water partition coefficient (Wildman–Crippen LogP) is 18.9. The smallest absolute Gasteiger partial charge is 0.305 e. The molecule has 0 spiro atoms. The zero-order valence-corrected chi connectivity index (χ0v) is 45.4. The number of ether oxygens (including phenoxy) is 1. The number of esters is 1. The lowest BCUT2D eigenvalue weighted by molar-refractivity contribution is -0.143. The number of hydrogen-bond acceptors (Lipinski definition) is 5. The molecule has 398 valence electrons. The van der Waals surface area contributed by atoms with Gasteiger partial charge in [0.15, 0.2) is 0 Å². The first-order valence-corrected chi connectivity index (χ1v) is 30.4. The van der Waals surface area contributed by atoms with Crippen LogP contribution in [0.2, 0.25) is 0 Å². The molecule has 0 aliphatic carbocycles. The molecule has 0 fully saturated rings. The summed E-state index contributed by atoms with van der Waals surface area (Å²) in [5.41, 5.74) is 0. The Labute approximate surface area is 419 Å². The maximum absolute atomic E-state index is 12.5. The van der Waals surface area contributed by atoms with Crippen molar-refractivity contribution >= 4 is 11.9 Å². The van der Waals surface area contributed by atoms with Crippen LogP contribution in [0, 0.1) is 0 Å². The van der Waals surface area contributed by atoms with E-state index >= 15 is 0 Å². The van der Waals surface area contributed by atoms with Crippen molar-refractivity contribution in [2.45, 2.75) is 353 Å². The number of carbonyl (C=O) groups is 2. The minimum Gasteiger partial charge on any atom is -0.466 e. The SMILES string of the molecule is CCCCCCC/C=C\CCCCCCCC(=O)OCCCCCCCCCCCCCCC(=O)NC(CO)C(O)CCCCCCCCCCCCCCCCCCCCCCCCCC. The van der Waals surface area contributed by atoms with Crippen LogP contribution in [0.5, 0.6) is 0 Å². The molecule has 0 aromatic rings. The quantitative estimate of drug-likeness (QED) is 0.0321. The van der Waals surface area contributed by atoms with Crippen LogP contribution in [0.15, 0.2) is 12.2 Å². The van der Waals surface area contributed by atoms with Gasteiger partial charge in [-0.2, -0.15) is 0 Å². The fraction of sp³-hybridized carbons (Fsp3) is 0.934. The number of aliphatic hydroxyl groups excluding tert-OH is 2. The van der Waals surface area contributed by atoms with Gasteiger partial charge in [-0.15, -0.1) is 0 Å². The molecule has 2 unspecified atom stereocenters. The highest BCUT2D eigenvalue weighted by Crippen LogP contribution is 2.18. The number of rotatable bonds is 57. The molecule has 0 rings (SSSR count). The summed E-state index contributed by atoms with van der Waals surface area (Å²) in [6, 6.07) is -0.554. The van der Waals surface area contributed by atoms with Crippen molar-refractivity contribution in [1.82, 2.24) is 5.32 Å². The lowest BCUT2D eigenvalue weighted by Gasteiger charge is -2.22. The average molecular weight is 947 g/mol. The Morgan fingerprint density at radius 2 is 0.701 bits per heavy atom. The van der Waals surface area contributed by atoms with Crippen LogP contribution >= 0.6 is 0 Å². The van der Waals surface area contributed by atoms with Crippen LogP contribution in [-0.4, -0.2) is 47.4 Å². The summed E-state index contributed by atoms with van der Waals surface area (Å²) < 4.78 is 5.46. The Morgan fingerprint density at radius 1 is 0.403 bits per heavy atom. The standard InChI is InChI=1S/C61H119NO5/c1-3-5-7-9-11-13-15-17-19-20-21-22-23-24-25-26-27-28-29-33-37-41-45-49-53-59(64)58(57-63)62-60(65)54-50-46-42-38-34-31-32-36-40-44-48-52-56-67-61(66)55-51-47-43-39-35-30-18-16-14-12-10-8-6-4-2/h16,18,58-59,63-64H,3-15,17,19-57H2,1-2H3,(H,62,65)/b18-16-.